The number of rotatable bonds is 9. The van der Waals surface area contributed by atoms with Crippen LogP contribution in [0.3, 0.4) is 0 Å². The zero-order chi connectivity index (χ0) is 12.4. The zero-order valence-corrected chi connectivity index (χ0v) is 10.8. The summed E-state index contributed by atoms with van der Waals surface area (Å²) < 4.78 is 5.33. The second kappa shape index (κ2) is 8.53. The van der Waals surface area contributed by atoms with Gasteiger partial charge in [0.25, 0.3) is 0 Å². The smallest absolute Gasteiger partial charge is 0.227 e. The molecule has 0 aliphatic heterocycles. The van der Waals surface area contributed by atoms with Gasteiger partial charge in [0, 0.05) is 26.3 Å². The number of amides is 1. The largest absolute Gasteiger partial charge is 0.381 e. The first-order valence-corrected chi connectivity index (χ1v) is 6.16. The van der Waals surface area contributed by atoms with Crippen molar-refractivity contribution in [3.8, 4) is 0 Å². The Morgan fingerprint density at radius 1 is 1.38 bits per heavy atom. The molecule has 0 spiro atoms. The van der Waals surface area contributed by atoms with Crippen molar-refractivity contribution in [3.05, 3.63) is 0 Å². The Hall–Kier alpha value is -0.610. The summed E-state index contributed by atoms with van der Waals surface area (Å²) in [5.74, 6) is 0.0491. The molecule has 96 valence electrons. The van der Waals surface area contributed by atoms with Crippen LogP contribution in [0.1, 0.15) is 40.0 Å². The Balaban J connectivity index is 3.64. The lowest BCUT2D eigenvalue weighted by molar-refractivity contribution is -0.129. The van der Waals surface area contributed by atoms with E-state index in [1.165, 1.54) is 0 Å². The van der Waals surface area contributed by atoms with Crippen molar-refractivity contribution < 1.29 is 9.53 Å². The van der Waals surface area contributed by atoms with Crippen molar-refractivity contribution in [1.29, 1.82) is 0 Å². The molecule has 1 atom stereocenters. The van der Waals surface area contributed by atoms with Crippen molar-refractivity contribution in [2.45, 2.75) is 40.0 Å². The van der Waals surface area contributed by atoms with Crippen LogP contribution in [-0.4, -0.2) is 32.2 Å². The molecular weight excluding hydrogens is 204 g/mol. The predicted octanol–water partition coefficient (Wildman–Crippen LogP) is 1.29. The number of ether oxygens (including phenoxy) is 1. The van der Waals surface area contributed by atoms with Crippen LogP contribution in [-0.2, 0) is 9.53 Å². The summed E-state index contributed by atoms with van der Waals surface area (Å²) in [7, 11) is 0. The average molecular weight is 230 g/mol. The standard InChI is InChI=1S/C12H26N2O2/c1-4-8-16-9-6-7-14-11(15)12(3,5-2)10-13/h4-10,13H2,1-3H3,(H,14,15). The van der Waals surface area contributed by atoms with Gasteiger partial charge in [-0.15, -0.1) is 0 Å². The Morgan fingerprint density at radius 3 is 2.56 bits per heavy atom. The summed E-state index contributed by atoms with van der Waals surface area (Å²) in [6.45, 7) is 8.52. The first-order chi connectivity index (χ1) is 7.60. The highest BCUT2D eigenvalue weighted by Gasteiger charge is 2.28. The van der Waals surface area contributed by atoms with Gasteiger partial charge in [0.2, 0.25) is 5.91 Å². The predicted molar refractivity (Wildman–Crippen MR) is 66.2 cm³/mol. The van der Waals surface area contributed by atoms with Gasteiger partial charge in [-0.25, -0.2) is 0 Å². The number of nitrogens with two attached hydrogens (primary N) is 1. The van der Waals surface area contributed by atoms with Gasteiger partial charge in [-0.3, -0.25) is 4.79 Å². The fraction of sp³-hybridized carbons (Fsp3) is 0.917. The average Bonchev–Trinajstić information content (AvgIpc) is 2.32. The molecule has 0 aromatic rings. The zero-order valence-electron chi connectivity index (χ0n) is 10.8. The van der Waals surface area contributed by atoms with Crippen molar-refractivity contribution in [2.75, 3.05) is 26.3 Å². The Kier molecular flexibility index (Phi) is 8.21. The van der Waals surface area contributed by atoms with Crippen LogP contribution < -0.4 is 11.1 Å². The fourth-order valence-corrected chi connectivity index (χ4v) is 1.23. The van der Waals surface area contributed by atoms with Crippen LogP contribution >= 0.6 is 0 Å². The molecule has 4 heteroatoms. The third-order valence-electron chi connectivity index (χ3n) is 2.88. The molecule has 3 N–H and O–H groups in total. The topological polar surface area (TPSA) is 64.3 Å². The highest BCUT2D eigenvalue weighted by molar-refractivity contribution is 5.82. The maximum absolute atomic E-state index is 11.8. The summed E-state index contributed by atoms with van der Waals surface area (Å²) in [5.41, 5.74) is 5.18. The quantitative estimate of drug-likeness (QED) is 0.587. The molecular formula is C12H26N2O2. The lowest BCUT2D eigenvalue weighted by Gasteiger charge is -2.24. The number of hydrogen-bond acceptors (Lipinski definition) is 3. The summed E-state index contributed by atoms with van der Waals surface area (Å²) in [5, 5.41) is 2.90. The number of carbonyl (C=O) groups is 1. The summed E-state index contributed by atoms with van der Waals surface area (Å²) in [6.07, 6.45) is 2.66. The van der Waals surface area contributed by atoms with E-state index in [9.17, 15) is 4.79 Å². The molecule has 1 unspecified atom stereocenters. The highest BCUT2D eigenvalue weighted by atomic mass is 16.5. The van der Waals surface area contributed by atoms with Gasteiger partial charge >= 0.3 is 0 Å². The molecule has 0 saturated heterocycles. The van der Waals surface area contributed by atoms with Crippen LogP contribution in [0.4, 0.5) is 0 Å². The minimum absolute atomic E-state index is 0.0491. The van der Waals surface area contributed by atoms with E-state index < -0.39 is 5.41 Å². The first kappa shape index (κ1) is 15.4. The molecule has 1 amide bonds. The SMILES string of the molecule is CCCOCCCNC(=O)C(C)(CC)CN. The van der Waals surface area contributed by atoms with Gasteiger partial charge in [0.1, 0.15) is 0 Å². The normalized spacial score (nSPS) is 14.5. The molecule has 0 saturated carbocycles. The molecule has 0 bridgehead atoms. The molecule has 0 aromatic carbocycles. The number of carbonyl (C=O) groups excluding carboxylic acids is 1. The molecule has 0 aromatic heterocycles. The van der Waals surface area contributed by atoms with Gasteiger partial charge in [-0.2, -0.15) is 0 Å². The minimum Gasteiger partial charge on any atom is -0.381 e. The molecule has 16 heavy (non-hydrogen) atoms. The molecule has 0 radical (unpaired) electrons. The van der Waals surface area contributed by atoms with Gasteiger partial charge in [-0.1, -0.05) is 13.8 Å². The molecule has 4 nitrogen and oxygen atoms in total. The molecule has 0 fully saturated rings. The Labute approximate surface area is 98.9 Å². The van der Waals surface area contributed by atoms with Crippen LogP contribution in [0, 0.1) is 5.41 Å². The third-order valence-corrected chi connectivity index (χ3v) is 2.88. The monoisotopic (exact) mass is 230 g/mol. The maximum atomic E-state index is 11.8. The van der Waals surface area contributed by atoms with Gasteiger partial charge in [-0.05, 0) is 26.2 Å². The van der Waals surface area contributed by atoms with Gasteiger partial charge in [0.05, 0.1) is 5.41 Å². The fourth-order valence-electron chi connectivity index (χ4n) is 1.23. The second-order valence-corrected chi connectivity index (χ2v) is 4.34. The van der Waals surface area contributed by atoms with Crippen LogP contribution in [0.2, 0.25) is 0 Å². The summed E-state index contributed by atoms with van der Waals surface area (Å²) in [6, 6.07) is 0. The number of hydrogen-bond donors (Lipinski definition) is 2. The lowest BCUT2D eigenvalue weighted by atomic mass is 9.87. The maximum Gasteiger partial charge on any atom is 0.227 e. The first-order valence-electron chi connectivity index (χ1n) is 6.16. The van der Waals surface area contributed by atoms with Gasteiger partial charge < -0.3 is 15.8 Å². The summed E-state index contributed by atoms with van der Waals surface area (Å²) >= 11 is 0. The molecule has 0 rings (SSSR count). The molecule has 0 aliphatic rings. The summed E-state index contributed by atoms with van der Waals surface area (Å²) in [4.78, 5) is 11.8. The van der Waals surface area contributed by atoms with E-state index in [0.29, 0.717) is 19.7 Å². The van der Waals surface area contributed by atoms with Crippen LogP contribution in [0.15, 0.2) is 0 Å². The van der Waals surface area contributed by atoms with E-state index in [2.05, 4.69) is 12.2 Å². The van der Waals surface area contributed by atoms with E-state index in [1.807, 2.05) is 13.8 Å². The van der Waals surface area contributed by atoms with E-state index in [-0.39, 0.29) is 5.91 Å². The molecule has 0 heterocycles. The van der Waals surface area contributed by atoms with E-state index in [1.54, 1.807) is 0 Å². The second-order valence-electron chi connectivity index (χ2n) is 4.34. The van der Waals surface area contributed by atoms with Crippen LogP contribution in [0.5, 0.6) is 0 Å². The van der Waals surface area contributed by atoms with Gasteiger partial charge in [0.15, 0.2) is 0 Å². The van der Waals surface area contributed by atoms with Crippen molar-refractivity contribution >= 4 is 5.91 Å². The lowest BCUT2D eigenvalue weighted by Crippen LogP contribution is -2.43. The van der Waals surface area contributed by atoms with Crippen molar-refractivity contribution in [2.24, 2.45) is 11.1 Å². The van der Waals surface area contributed by atoms with Crippen molar-refractivity contribution in [1.82, 2.24) is 5.32 Å². The third kappa shape index (κ3) is 5.47. The minimum atomic E-state index is -0.426. The van der Waals surface area contributed by atoms with E-state index in [4.69, 9.17) is 10.5 Å². The number of nitrogens with one attached hydrogen (secondary N) is 1. The van der Waals surface area contributed by atoms with Crippen LogP contribution in [0.25, 0.3) is 0 Å². The Bertz CT molecular complexity index is 191. The highest BCUT2D eigenvalue weighted by Crippen LogP contribution is 2.18. The van der Waals surface area contributed by atoms with E-state index >= 15 is 0 Å². The molecule has 0 aliphatic carbocycles. The van der Waals surface area contributed by atoms with E-state index in [0.717, 1.165) is 25.9 Å². The van der Waals surface area contributed by atoms with Crippen molar-refractivity contribution in [3.63, 3.8) is 0 Å². The Morgan fingerprint density at radius 2 is 2.06 bits per heavy atom.